The molecule has 0 saturated carbocycles. The molecule has 1 nitrogen and oxygen atoms in total. The maximum atomic E-state index is 14.0. The monoisotopic (exact) mass is 291 g/mol. The Morgan fingerprint density at radius 1 is 1.10 bits per heavy atom. The molecule has 2 aromatic carbocycles. The van der Waals surface area contributed by atoms with Crippen molar-refractivity contribution >= 4 is 11.6 Å². The second kappa shape index (κ2) is 6.38. The van der Waals surface area contributed by atoms with E-state index in [1.54, 1.807) is 12.1 Å². The van der Waals surface area contributed by atoms with E-state index < -0.39 is 0 Å². The first-order chi connectivity index (χ1) is 9.63. The van der Waals surface area contributed by atoms with Gasteiger partial charge in [-0.15, -0.1) is 0 Å². The van der Waals surface area contributed by atoms with E-state index in [4.69, 9.17) is 17.3 Å². The Bertz CT molecular complexity index is 544. The third-order valence-electron chi connectivity index (χ3n) is 4.03. The summed E-state index contributed by atoms with van der Waals surface area (Å²) in [5.74, 6) is -0.264. The van der Waals surface area contributed by atoms with Crippen LogP contribution in [0.1, 0.15) is 24.5 Å². The zero-order valence-electron chi connectivity index (χ0n) is 11.6. The number of nitrogens with two attached hydrogens (primary N) is 1. The summed E-state index contributed by atoms with van der Waals surface area (Å²) in [6, 6.07) is 14.8. The predicted molar refractivity (Wildman–Crippen MR) is 82.6 cm³/mol. The van der Waals surface area contributed by atoms with Crippen molar-refractivity contribution in [2.45, 2.75) is 25.2 Å². The molecule has 0 saturated heterocycles. The molecule has 2 rings (SSSR count). The van der Waals surface area contributed by atoms with E-state index in [-0.39, 0.29) is 11.2 Å². The van der Waals surface area contributed by atoms with E-state index in [0.717, 1.165) is 12.0 Å². The van der Waals surface area contributed by atoms with Crippen LogP contribution in [-0.2, 0) is 11.8 Å². The second-order valence-electron chi connectivity index (χ2n) is 5.08. The topological polar surface area (TPSA) is 26.0 Å². The van der Waals surface area contributed by atoms with E-state index in [0.29, 0.717) is 23.6 Å². The van der Waals surface area contributed by atoms with Crippen LogP contribution < -0.4 is 5.73 Å². The lowest BCUT2D eigenvalue weighted by Crippen LogP contribution is -2.37. The molecule has 2 N–H and O–H groups in total. The summed E-state index contributed by atoms with van der Waals surface area (Å²) in [5, 5.41) is 0.465. The third-order valence-corrected chi connectivity index (χ3v) is 4.38. The van der Waals surface area contributed by atoms with Crippen LogP contribution >= 0.6 is 11.6 Å². The zero-order chi connectivity index (χ0) is 14.6. The van der Waals surface area contributed by atoms with Gasteiger partial charge in [0.05, 0.1) is 0 Å². The Balaban J connectivity index is 2.45. The van der Waals surface area contributed by atoms with Crippen molar-refractivity contribution < 1.29 is 4.39 Å². The van der Waals surface area contributed by atoms with Gasteiger partial charge in [0, 0.05) is 22.5 Å². The van der Waals surface area contributed by atoms with Crippen LogP contribution in [0.2, 0.25) is 5.02 Å². The van der Waals surface area contributed by atoms with Gasteiger partial charge >= 0.3 is 0 Å². The predicted octanol–water partition coefficient (Wildman–Crippen LogP) is 4.33. The second-order valence-corrected chi connectivity index (χ2v) is 5.49. The molecule has 0 amide bonds. The normalized spacial score (nSPS) is 14.0. The summed E-state index contributed by atoms with van der Waals surface area (Å²) in [5.41, 5.74) is 7.42. The molecule has 0 radical (unpaired) electrons. The number of benzene rings is 2. The van der Waals surface area contributed by atoms with Crippen molar-refractivity contribution in [1.29, 1.82) is 0 Å². The Hall–Kier alpha value is -1.38. The average Bonchev–Trinajstić information content (AvgIpc) is 2.49. The largest absolute Gasteiger partial charge is 0.330 e. The summed E-state index contributed by atoms with van der Waals surface area (Å²) in [4.78, 5) is 0. The van der Waals surface area contributed by atoms with E-state index in [2.05, 4.69) is 6.92 Å². The standard InChI is InChI=1S/C17H19ClFN/c1-2-17(12-20,13-7-4-3-5-8-13)11-14-15(18)9-6-10-16(14)19/h3-10H,2,11-12,20H2,1H3. The van der Waals surface area contributed by atoms with Gasteiger partial charge in [0.15, 0.2) is 0 Å². The van der Waals surface area contributed by atoms with Gasteiger partial charge in [-0.2, -0.15) is 0 Å². The molecule has 0 aromatic heterocycles. The lowest BCUT2D eigenvalue weighted by Gasteiger charge is -2.32. The molecule has 20 heavy (non-hydrogen) atoms. The van der Waals surface area contributed by atoms with Crippen molar-refractivity contribution in [3.63, 3.8) is 0 Å². The number of halogens is 2. The molecular formula is C17H19ClFN. The summed E-state index contributed by atoms with van der Waals surface area (Å²) in [6.45, 7) is 2.53. The van der Waals surface area contributed by atoms with Crippen LogP contribution in [0.5, 0.6) is 0 Å². The molecule has 106 valence electrons. The molecule has 3 heteroatoms. The van der Waals surface area contributed by atoms with E-state index >= 15 is 0 Å². The fourth-order valence-corrected chi connectivity index (χ4v) is 2.83. The Morgan fingerprint density at radius 2 is 1.80 bits per heavy atom. The molecule has 0 aliphatic heterocycles. The lowest BCUT2D eigenvalue weighted by molar-refractivity contribution is 0.410. The summed E-state index contributed by atoms with van der Waals surface area (Å²) >= 11 is 6.16. The van der Waals surface area contributed by atoms with Gasteiger partial charge in [0.25, 0.3) is 0 Å². The van der Waals surface area contributed by atoms with Crippen LogP contribution in [0.15, 0.2) is 48.5 Å². The van der Waals surface area contributed by atoms with Gasteiger partial charge in [-0.05, 0) is 30.5 Å². The van der Waals surface area contributed by atoms with Gasteiger partial charge in [-0.25, -0.2) is 4.39 Å². The first kappa shape index (κ1) is 15.0. The molecule has 2 aromatic rings. The molecule has 0 spiro atoms. The van der Waals surface area contributed by atoms with Crippen LogP contribution in [-0.4, -0.2) is 6.54 Å². The highest BCUT2D eigenvalue weighted by Crippen LogP contribution is 2.34. The van der Waals surface area contributed by atoms with Crippen molar-refractivity contribution in [2.24, 2.45) is 5.73 Å². The number of rotatable bonds is 5. The van der Waals surface area contributed by atoms with Crippen molar-refractivity contribution in [1.82, 2.24) is 0 Å². The fraction of sp³-hybridized carbons (Fsp3) is 0.294. The molecule has 0 heterocycles. The highest BCUT2D eigenvalue weighted by Gasteiger charge is 2.30. The highest BCUT2D eigenvalue weighted by molar-refractivity contribution is 6.31. The van der Waals surface area contributed by atoms with E-state index in [1.165, 1.54) is 6.07 Å². The Morgan fingerprint density at radius 3 is 2.35 bits per heavy atom. The molecule has 1 atom stereocenters. The van der Waals surface area contributed by atoms with Gasteiger partial charge in [0.1, 0.15) is 5.82 Å². The minimum atomic E-state index is -0.285. The Kier molecular flexibility index (Phi) is 4.79. The zero-order valence-corrected chi connectivity index (χ0v) is 12.3. The average molecular weight is 292 g/mol. The minimum absolute atomic E-state index is 0.264. The van der Waals surface area contributed by atoms with Crippen LogP contribution in [0.3, 0.4) is 0 Å². The SMILES string of the molecule is CCC(CN)(Cc1c(F)cccc1Cl)c1ccccc1. The summed E-state index contributed by atoms with van der Waals surface area (Å²) < 4.78 is 14.0. The third kappa shape index (κ3) is 2.87. The summed E-state index contributed by atoms with van der Waals surface area (Å²) in [7, 11) is 0. The molecule has 0 bridgehead atoms. The molecule has 0 fully saturated rings. The van der Waals surface area contributed by atoms with Crippen LogP contribution in [0, 0.1) is 5.82 Å². The maximum Gasteiger partial charge on any atom is 0.127 e. The van der Waals surface area contributed by atoms with Crippen molar-refractivity contribution in [2.75, 3.05) is 6.54 Å². The van der Waals surface area contributed by atoms with Crippen LogP contribution in [0.4, 0.5) is 4.39 Å². The van der Waals surface area contributed by atoms with Crippen molar-refractivity contribution in [3.8, 4) is 0 Å². The molecule has 1 unspecified atom stereocenters. The van der Waals surface area contributed by atoms with E-state index in [9.17, 15) is 4.39 Å². The summed E-state index contributed by atoms with van der Waals surface area (Å²) in [6.07, 6.45) is 1.34. The number of hydrogen-bond donors (Lipinski definition) is 1. The Labute approximate surface area is 124 Å². The first-order valence-electron chi connectivity index (χ1n) is 6.81. The quantitative estimate of drug-likeness (QED) is 0.872. The van der Waals surface area contributed by atoms with Gasteiger partial charge in [-0.3, -0.25) is 0 Å². The fourth-order valence-electron chi connectivity index (χ4n) is 2.60. The number of hydrogen-bond acceptors (Lipinski definition) is 1. The van der Waals surface area contributed by atoms with Gasteiger partial charge in [0.2, 0.25) is 0 Å². The van der Waals surface area contributed by atoms with Crippen molar-refractivity contribution in [3.05, 3.63) is 70.5 Å². The molecule has 0 aliphatic rings. The van der Waals surface area contributed by atoms with Gasteiger partial charge in [-0.1, -0.05) is 54.9 Å². The van der Waals surface area contributed by atoms with Crippen LogP contribution in [0.25, 0.3) is 0 Å². The minimum Gasteiger partial charge on any atom is -0.330 e. The van der Waals surface area contributed by atoms with Gasteiger partial charge < -0.3 is 5.73 Å². The lowest BCUT2D eigenvalue weighted by atomic mass is 9.73. The maximum absolute atomic E-state index is 14.0. The smallest absolute Gasteiger partial charge is 0.127 e. The van der Waals surface area contributed by atoms with E-state index in [1.807, 2.05) is 30.3 Å². The highest BCUT2D eigenvalue weighted by atomic mass is 35.5. The first-order valence-corrected chi connectivity index (χ1v) is 7.19. The molecular weight excluding hydrogens is 273 g/mol. The molecule has 0 aliphatic carbocycles.